The molecule has 0 unspecified atom stereocenters. The van der Waals surface area contributed by atoms with Gasteiger partial charge in [-0.3, -0.25) is 4.98 Å². The molecule has 0 spiro atoms. The summed E-state index contributed by atoms with van der Waals surface area (Å²) >= 11 is 4.69. The van der Waals surface area contributed by atoms with Crippen LogP contribution in [0.4, 0.5) is 0 Å². The second-order valence-electron chi connectivity index (χ2n) is 2.54. The SMILES string of the molecule is Cc1nc(C)c(I)c(C)c1I. The minimum Gasteiger partial charge on any atom is -0.256 e. The van der Waals surface area contributed by atoms with Gasteiger partial charge in [0, 0.05) is 7.14 Å². The minimum atomic E-state index is 1.14. The van der Waals surface area contributed by atoms with E-state index in [2.05, 4.69) is 70.9 Å². The molecule has 1 nitrogen and oxygen atoms in total. The van der Waals surface area contributed by atoms with Crippen LogP contribution in [0.5, 0.6) is 0 Å². The van der Waals surface area contributed by atoms with Crippen LogP contribution in [0.15, 0.2) is 0 Å². The molecular weight excluding hydrogens is 364 g/mol. The third-order valence-corrected chi connectivity index (χ3v) is 4.81. The molecule has 0 saturated carbocycles. The minimum absolute atomic E-state index is 1.14. The number of halogens is 2. The van der Waals surface area contributed by atoms with E-state index in [-0.39, 0.29) is 0 Å². The number of rotatable bonds is 0. The van der Waals surface area contributed by atoms with E-state index in [4.69, 9.17) is 0 Å². The van der Waals surface area contributed by atoms with Crippen LogP contribution in [0, 0.1) is 27.9 Å². The highest BCUT2D eigenvalue weighted by molar-refractivity contribution is 14.1. The first-order chi connectivity index (χ1) is 5.04. The number of nitrogens with zero attached hydrogens (tertiary/aromatic N) is 1. The van der Waals surface area contributed by atoms with E-state index in [0.29, 0.717) is 0 Å². The van der Waals surface area contributed by atoms with Crippen LogP contribution in [-0.4, -0.2) is 4.98 Å². The van der Waals surface area contributed by atoms with E-state index in [9.17, 15) is 0 Å². The normalized spacial score (nSPS) is 10.3. The molecule has 0 bridgehead atoms. The average Bonchev–Trinajstić information content (AvgIpc) is 1.97. The van der Waals surface area contributed by atoms with E-state index in [0.717, 1.165) is 11.4 Å². The number of aromatic nitrogens is 1. The van der Waals surface area contributed by atoms with Crippen LogP contribution in [0.25, 0.3) is 0 Å². The molecule has 60 valence electrons. The van der Waals surface area contributed by atoms with Crippen molar-refractivity contribution < 1.29 is 0 Å². The van der Waals surface area contributed by atoms with Gasteiger partial charge in [0.2, 0.25) is 0 Å². The second-order valence-corrected chi connectivity index (χ2v) is 4.69. The fraction of sp³-hybridized carbons (Fsp3) is 0.375. The summed E-state index contributed by atoms with van der Waals surface area (Å²) in [6.07, 6.45) is 0. The molecule has 1 aromatic heterocycles. The van der Waals surface area contributed by atoms with Crippen LogP contribution in [0.1, 0.15) is 17.0 Å². The average molecular weight is 373 g/mol. The lowest BCUT2D eigenvalue weighted by molar-refractivity contribution is 1.07. The molecule has 0 N–H and O–H groups in total. The Labute approximate surface area is 94.3 Å². The maximum absolute atomic E-state index is 4.42. The molecule has 0 saturated heterocycles. The monoisotopic (exact) mass is 373 g/mol. The maximum atomic E-state index is 4.42. The zero-order chi connectivity index (χ0) is 8.59. The van der Waals surface area contributed by atoms with Gasteiger partial charge >= 0.3 is 0 Å². The molecule has 3 heteroatoms. The maximum Gasteiger partial charge on any atom is 0.0512 e. The van der Waals surface area contributed by atoms with Gasteiger partial charge in [-0.25, -0.2) is 0 Å². The first-order valence-electron chi connectivity index (χ1n) is 3.33. The summed E-state index contributed by atoms with van der Waals surface area (Å²) in [6.45, 7) is 6.25. The molecule has 0 aliphatic rings. The van der Waals surface area contributed by atoms with Crippen LogP contribution >= 0.6 is 45.2 Å². The Morgan fingerprint density at radius 1 is 0.909 bits per heavy atom. The first kappa shape index (κ1) is 9.70. The second kappa shape index (κ2) is 3.55. The molecule has 0 aliphatic heterocycles. The van der Waals surface area contributed by atoms with Crippen LogP contribution in [0.2, 0.25) is 0 Å². The standard InChI is InChI=1S/C8H9I2N/c1-4-7(9)5(2)11-6(3)8(4)10/h1-3H3. The number of hydrogen-bond donors (Lipinski definition) is 0. The Kier molecular flexibility index (Phi) is 3.13. The third kappa shape index (κ3) is 1.85. The van der Waals surface area contributed by atoms with Crippen molar-refractivity contribution in [2.45, 2.75) is 20.8 Å². The Morgan fingerprint density at radius 2 is 1.27 bits per heavy atom. The van der Waals surface area contributed by atoms with E-state index < -0.39 is 0 Å². The zero-order valence-corrected chi connectivity index (χ0v) is 11.0. The summed E-state index contributed by atoms with van der Waals surface area (Å²) in [5, 5.41) is 0. The summed E-state index contributed by atoms with van der Waals surface area (Å²) in [6, 6.07) is 0. The highest BCUT2D eigenvalue weighted by Crippen LogP contribution is 2.22. The molecule has 0 aliphatic carbocycles. The summed E-state index contributed by atoms with van der Waals surface area (Å²) < 4.78 is 2.58. The summed E-state index contributed by atoms with van der Waals surface area (Å²) in [7, 11) is 0. The lowest BCUT2D eigenvalue weighted by Gasteiger charge is -2.06. The van der Waals surface area contributed by atoms with Gasteiger partial charge in [0.15, 0.2) is 0 Å². The predicted molar refractivity (Wildman–Crippen MR) is 63.9 cm³/mol. The topological polar surface area (TPSA) is 12.9 Å². The molecule has 0 fully saturated rings. The van der Waals surface area contributed by atoms with Gasteiger partial charge in [-0.1, -0.05) is 0 Å². The quantitative estimate of drug-likeness (QED) is 0.637. The van der Waals surface area contributed by atoms with Crippen LogP contribution < -0.4 is 0 Å². The molecule has 11 heavy (non-hydrogen) atoms. The van der Waals surface area contributed by atoms with E-state index in [1.54, 1.807) is 0 Å². The van der Waals surface area contributed by atoms with E-state index in [1.165, 1.54) is 12.7 Å². The molecule has 0 amide bonds. The third-order valence-electron chi connectivity index (χ3n) is 1.63. The van der Waals surface area contributed by atoms with Crippen molar-refractivity contribution in [2.75, 3.05) is 0 Å². The molecule has 0 atom stereocenters. The molecule has 1 aromatic rings. The fourth-order valence-electron chi connectivity index (χ4n) is 0.989. The predicted octanol–water partition coefficient (Wildman–Crippen LogP) is 3.22. The lowest BCUT2D eigenvalue weighted by atomic mass is 10.2. The molecule has 1 rings (SSSR count). The van der Waals surface area contributed by atoms with E-state index >= 15 is 0 Å². The molecule has 0 aromatic carbocycles. The van der Waals surface area contributed by atoms with Crippen molar-refractivity contribution in [3.8, 4) is 0 Å². The van der Waals surface area contributed by atoms with Crippen molar-refractivity contribution >= 4 is 45.2 Å². The van der Waals surface area contributed by atoms with Gasteiger partial charge in [-0.2, -0.15) is 0 Å². The lowest BCUT2D eigenvalue weighted by Crippen LogP contribution is -1.98. The molecular formula is C8H9I2N. The number of pyridine rings is 1. The van der Waals surface area contributed by atoms with Crippen molar-refractivity contribution in [1.29, 1.82) is 0 Å². The summed E-state index contributed by atoms with van der Waals surface area (Å²) in [5.74, 6) is 0. The smallest absolute Gasteiger partial charge is 0.0512 e. The highest BCUT2D eigenvalue weighted by Gasteiger charge is 2.06. The highest BCUT2D eigenvalue weighted by atomic mass is 127. The van der Waals surface area contributed by atoms with Crippen molar-refractivity contribution in [2.24, 2.45) is 0 Å². The van der Waals surface area contributed by atoms with Crippen molar-refractivity contribution in [3.63, 3.8) is 0 Å². The fourth-order valence-corrected chi connectivity index (χ4v) is 2.29. The van der Waals surface area contributed by atoms with Gasteiger partial charge in [0.1, 0.15) is 0 Å². The van der Waals surface area contributed by atoms with Crippen molar-refractivity contribution in [1.82, 2.24) is 4.98 Å². The van der Waals surface area contributed by atoms with Gasteiger partial charge in [-0.05, 0) is 71.5 Å². The van der Waals surface area contributed by atoms with Gasteiger partial charge in [0.25, 0.3) is 0 Å². The largest absolute Gasteiger partial charge is 0.256 e. The number of hydrogen-bond acceptors (Lipinski definition) is 1. The van der Waals surface area contributed by atoms with Gasteiger partial charge in [-0.15, -0.1) is 0 Å². The molecule has 1 heterocycles. The van der Waals surface area contributed by atoms with E-state index in [1.807, 2.05) is 0 Å². The zero-order valence-electron chi connectivity index (χ0n) is 6.70. The Hall–Kier alpha value is 0.610. The number of aryl methyl sites for hydroxylation is 2. The first-order valence-corrected chi connectivity index (χ1v) is 5.48. The Balaban J connectivity index is 3.46. The summed E-state index contributed by atoms with van der Waals surface area (Å²) in [4.78, 5) is 4.42. The Morgan fingerprint density at radius 3 is 1.64 bits per heavy atom. The van der Waals surface area contributed by atoms with Gasteiger partial charge in [0.05, 0.1) is 11.4 Å². The van der Waals surface area contributed by atoms with Crippen molar-refractivity contribution in [3.05, 3.63) is 24.1 Å². The van der Waals surface area contributed by atoms with Gasteiger partial charge < -0.3 is 0 Å². The Bertz CT molecular complexity index is 268. The van der Waals surface area contributed by atoms with Crippen LogP contribution in [0.3, 0.4) is 0 Å². The van der Waals surface area contributed by atoms with Crippen LogP contribution in [-0.2, 0) is 0 Å². The summed E-state index contributed by atoms with van der Waals surface area (Å²) in [5.41, 5.74) is 3.64. The molecule has 0 radical (unpaired) electrons.